The minimum atomic E-state index is -0.493. The third kappa shape index (κ3) is 2.35. The fraction of sp³-hybridized carbons (Fsp3) is 0.643. The maximum Gasteiger partial charge on any atom is 0.225 e. The van der Waals surface area contributed by atoms with Gasteiger partial charge in [-0.05, 0) is 25.3 Å². The molecule has 0 amide bonds. The highest BCUT2D eigenvalue weighted by atomic mass is 16.3. The van der Waals surface area contributed by atoms with Gasteiger partial charge in [-0.1, -0.05) is 12.8 Å². The van der Waals surface area contributed by atoms with Crippen molar-refractivity contribution in [3.63, 3.8) is 0 Å². The molecule has 2 unspecified atom stereocenters. The summed E-state index contributed by atoms with van der Waals surface area (Å²) in [5.74, 6) is 0.875. The van der Waals surface area contributed by atoms with Crippen molar-refractivity contribution in [2.45, 2.75) is 37.7 Å². The van der Waals surface area contributed by atoms with Crippen LogP contribution in [0.3, 0.4) is 0 Å². The van der Waals surface area contributed by atoms with Gasteiger partial charge >= 0.3 is 0 Å². The lowest BCUT2D eigenvalue weighted by Crippen LogP contribution is -2.53. The van der Waals surface area contributed by atoms with Gasteiger partial charge in [0.2, 0.25) is 5.95 Å². The first-order valence-electron chi connectivity index (χ1n) is 7.23. The Morgan fingerprint density at radius 3 is 3.10 bits per heavy atom. The summed E-state index contributed by atoms with van der Waals surface area (Å²) in [4.78, 5) is 10.7. The van der Waals surface area contributed by atoms with Crippen LogP contribution in [0.4, 0.5) is 5.95 Å². The molecule has 6 nitrogen and oxygen atoms in total. The van der Waals surface area contributed by atoms with Crippen molar-refractivity contribution >= 4 is 11.8 Å². The van der Waals surface area contributed by atoms with Crippen LogP contribution in [0.1, 0.15) is 37.8 Å². The molecule has 108 valence electrons. The van der Waals surface area contributed by atoms with E-state index in [1.165, 1.54) is 6.42 Å². The van der Waals surface area contributed by atoms with Crippen molar-refractivity contribution < 1.29 is 5.11 Å². The molecule has 1 aliphatic carbocycles. The number of anilines is 1. The fourth-order valence-electron chi connectivity index (χ4n) is 3.40. The van der Waals surface area contributed by atoms with Crippen LogP contribution in [-0.4, -0.2) is 39.6 Å². The number of hydrogen-bond donors (Lipinski definition) is 3. The highest BCUT2D eigenvalue weighted by molar-refractivity contribution is 5.93. The number of amidine groups is 1. The molecule has 4 N–H and O–H groups in total. The van der Waals surface area contributed by atoms with Crippen molar-refractivity contribution in [2.75, 3.05) is 18.0 Å². The quantitative estimate of drug-likeness (QED) is 0.550. The summed E-state index contributed by atoms with van der Waals surface area (Å²) in [6.07, 6.45) is 6.71. The molecule has 1 aliphatic heterocycles. The third-order valence-corrected chi connectivity index (χ3v) is 4.63. The summed E-state index contributed by atoms with van der Waals surface area (Å²) >= 11 is 0. The summed E-state index contributed by atoms with van der Waals surface area (Å²) in [6, 6.07) is 1.65. The average Bonchev–Trinajstić information content (AvgIpc) is 2.46. The first kappa shape index (κ1) is 13.3. The Morgan fingerprint density at radius 2 is 2.30 bits per heavy atom. The number of fused-ring (bicyclic) bond motifs is 1. The maximum absolute atomic E-state index is 10.7. The highest BCUT2D eigenvalue weighted by Crippen LogP contribution is 2.40. The topological polar surface area (TPSA) is 99.1 Å². The predicted octanol–water partition coefficient (Wildman–Crippen LogP) is 0.892. The monoisotopic (exact) mass is 275 g/mol. The van der Waals surface area contributed by atoms with Gasteiger partial charge in [-0.2, -0.15) is 0 Å². The standard InChI is InChI=1S/C14H21N5O/c15-12(16)11-4-7-17-13(18-11)19-8-6-14(20)5-2-1-3-10(14)9-19/h4,7,10,20H,1-3,5-6,8-9H2,(H3,15,16). The van der Waals surface area contributed by atoms with E-state index in [9.17, 15) is 5.11 Å². The minimum Gasteiger partial charge on any atom is -0.389 e. The van der Waals surface area contributed by atoms with Crippen LogP contribution >= 0.6 is 0 Å². The first-order valence-corrected chi connectivity index (χ1v) is 7.23. The molecule has 2 atom stereocenters. The molecule has 1 aromatic rings. The van der Waals surface area contributed by atoms with E-state index >= 15 is 0 Å². The van der Waals surface area contributed by atoms with Crippen LogP contribution in [0.2, 0.25) is 0 Å². The van der Waals surface area contributed by atoms with Crippen molar-refractivity contribution in [3.05, 3.63) is 18.0 Å². The van der Waals surface area contributed by atoms with Gasteiger partial charge in [0.05, 0.1) is 5.60 Å². The normalized spacial score (nSPS) is 29.9. The molecule has 20 heavy (non-hydrogen) atoms. The summed E-state index contributed by atoms with van der Waals surface area (Å²) in [7, 11) is 0. The second-order valence-electron chi connectivity index (χ2n) is 5.90. The number of nitrogen functional groups attached to an aromatic ring is 1. The average molecular weight is 275 g/mol. The SMILES string of the molecule is N=C(N)c1ccnc(N2CCC3(O)CCCCC3C2)n1. The minimum absolute atomic E-state index is 0.0418. The van der Waals surface area contributed by atoms with Crippen LogP contribution in [0.25, 0.3) is 0 Å². The predicted molar refractivity (Wildman–Crippen MR) is 76.8 cm³/mol. The highest BCUT2D eigenvalue weighted by Gasteiger charge is 2.43. The van der Waals surface area contributed by atoms with Crippen LogP contribution in [0.5, 0.6) is 0 Å². The smallest absolute Gasteiger partial charge is 0.225 e. The molecule has 2 heterocycles. The van der Waals surface area contributed by atoms with E-state index in [1.807, 2.05) is 0 Å². The largest absolute Gasteiger partial charge is 0.389 e. The van der Waals surface area contributed by atoms with E-state index in [4.69, 9.17) is 11.1 Å². The molecule has 0 aromatic carbocycles. The Balaban J connectivity index is 1.79. The van der Waals surface area contributed by atoms with Crippen molar-refractivity contribution in [1.82, 2.24) is 9.97 Å². The maximum atomic E-state index is 10.7. The zero-order chi connectivity index (χ0) is 14.2. The molecule has 3 rings (SSSR count). The molecule has 0 spiro atoms. The Labute approximate surface area is 118 Å². The Kier molecular flexibility index (Phi) is 3.33. The second kappa shape index (κ2) is 5.01. The van der Waals surface area contributed by atoms with Gasteiger partial charge < -0.3 is 15.7 Å². The zero-order valence-electron chi connectivity index (χ0n) is 11.5. The van der Waals surface area contributed by atoms with Gasteiger partial charge in [0.1, 0.15) is 11.5 Å². The molecule has 6 heteroatoms. The third-order valence-electron chi connectivity index (χ3n) is 4.63. The number of aromatic nitrogens is 2. The van der Waals surface area contributed by atoms with E-state index in [-0.39, 0.29) is 5.84 Å². The molecule has 1 saturated carbocycles. The van der Waals surface area contributed by atoms with E-state index < -0.39 is 5.60 Å². The van der Waals surface area contributed by atoms with Crippen LogP contribution < -0.4 is 10.6 Å². The summed E-state index contributed by atoms with van der Waals surface area (Å²) in [5, 5.41) is 18.1. The zero-order valence-corrected chi connectivity index (χ0v) is 11.5. The van der Waals surface area contributed by atoms with E-state index in [1.54, 1.807) is 12.3 Å². The van der Waals surface area contributed by atoms with Gasteiger partial charge in [0.15, 0.2) is 0 Å². The fourth-order valence-corrected chi connectivity index (χ4v) is 3.40. The van der Waals surface area contributed by atoms with Crippen LogP contribution in [-0.2, 0) is 0 Å². The molecule has 0 radical (unpaired) electrons. The lowest BCUT2D eigenvalue weighted by molar-refractivity contribution is -0.0614. The van der Waals surface area contributed by atoms with Gasteiger partial charge in [0.25, 0.3) is 0 Å². The number of hydrogen-bond acceptors (Lipinski definition) is 5. The molecular formula is C14H21N5O. The Morgan fingerprint density at radius 1 is 1.45 bits per heavy atom. The number of rotatable bonds is 2. The molecule has 2 fully saturated rings. The molecule has 1 saturated heterocycles. The summed E-state index contributed by atoms with van der Waals surface area (Å²) in [5.41, 5.74) is 5.44. The number of nitrogens with zero attached hydrogens (tertiary/aromatic N) is 3. The van der Waals surface area contributed by atoms with Gasteiger partial charge in [-0.3, -0.25) is 5.41 Å². The van der Waals surface area contributed by atoms with Gasteiger partial charge in [-0.15, -0.1) is 0 Å². The van der Waals surface area contributed by atoms with Crippen LogP contribution in [0.15, 0.2) is 12.3 Å². The lowest BCUT2D eigenvalue weighted by Gasteiger charge is -2.47. The van der Waals surface area contributed by atoms with Crippen molar-refractivity contribution in [1.29, 1.82) is 5.41 Å². The van der Waals surface area contributed by atoms with Crippen LogP contribution in [0, 0.1) is 11.3 Å². The Bertz CT molecular complexity index is 520. The van der Waals surface area contributed by atoms with Crippen molar-refractivity contribution in [3.8, 4) is 0 Å². The summed E-state index contributed by atoms with van der Waals surface area (Å²) in [6.45, 7) is 1.55. The van der Waals surface area contributed by atoms with E-state index in [0.29, 0.717) is 17.6 Å². The first-order chi connectivity index (χ1) is 9.58. The van der Waals surface area contributed by atoms with E-state index in [0.717, 1.165) is 38.8 Å². The molecular weight excluding hydrogens is 254 g/mol. The number of nitrogens with two attached hydrogens (primary N) is 1. The molecule has 1 aromatic heterocycles. The number of aliphatic hydroxyl groups is 1. The molecule has 2 aliphatic rings. The lowest BCUT2D eigenvalue weighted by atomic mass is 9.71. The number of piperidine rings is 1. The Hall–Kier alpha value is -1.69. The summed E-state index contributed by atoms with van der Waals surface area (Å²) < 4.78 is 0. The van der Waals surface area contributed by atoms with Gasteiger partial charge in [-0.25, -0.2) is 9.97 Å². The molecule has 0 bridgehead atoms. The van der Waals surface area contributed by atoms with Crippen molar-refractivity contribution in [2.24, 2.45) is 11.7 Å². The van der Waals surface area contributed by atoms with E-state index in [2.05, 4.69) is 14.9 Å². The van der Waals surface area contributed by atoms with Gasteiger partial charge in [0, 0.05) is 25.2 Å². The number of nitrogens with one attached hydrogen (secondary N) is 1. The second-order valence-corrected chi connectivity index (χ2v) is 5.90.